The Labute approximate surface area is 122 Å². The van der Waals surface area contributed by atoms with E-state index in [0.717, 1.165) is 22.2 Å². The molecule has 1 heterocycles. The molecule has 0 aliphatic carbocycles. The van der Waals surface area contributed by atoms with E-state index in [1.807, 2.05) is 31.2 Å². The fraction of sp³-hybridized carbons (Fsp3) is 0.118. The molecule has 0 aliphatic heterocycles. The van der Waals surface area contributed by atoms with Gasteiger partial charge in [0.2, 0.25) is 0 Å². The van der Waals surface area contributed by atoms with E-state index >= 15 is 0 Å². The van der Waals surface area contributed by atoms with Gasteiger partial charge in [0.15, 0.2) is 0 Å². The first-order valence-electron chi connectivity index (χ1n) is 6.80. The van der Waals surface area contributed by atoms with Gasteiger partial charge in [0.1, 0.15) is 5.82 Å². The molecule has 3 aromatic rings. The van der Waals surface area contributed by atoms with E-state index in [-0.39, 0.29) is 11.9 Å². The van der Waals surface area contributed by atoms with Gasteiger partial charge in [-0.3, -0.25) is 4.98 Å². The zero-order valence-corrected chi connectivity index (χ0v) is 11.7. The predicted molar refractivity (Wildman–Crippen MR) is 84.6 cm³/mol. The van der Waals surface area contributed by atoms with Gasteiger partial charge in [0.25, 0.3) is 0 Å². The number of nitrogen functional groups attached to an aromatic ring is 1. The van der Waals surface area contributed by atoms with Crippen LogP contribution in [0.3, 0.4) is 0 Å². The van der Waals surface area contributed by atoms with Gasteiger partial charge >= 0.3 is 0 Å². The van der Waals surface area contributed by atoms with Crippen LogP contribution in [-0.4, -0.2) is 4.98 Å². The molecule has 3 nitrogen and oxygen atoms in total. The summed E-state index contributed by atoms with van der Waals surface area (Å²) in [5.41, 5.74) is 9.61. The second-order valence-electron chi connectivity index (χ2n) is 5.01. The van der Waals surface area contributed by atoms with Gasteiger partial charge in [0.05, 0.1) is 16.9 Å². The number of halogens is 1. The topological polar surface area (TPSA) is 50.9 Å². The summed E-state index contributed by atoms with van der Waals surface area (Å²) in [5.74, 6) is -0.234. The monoisotopic (exact) mass is 281 g/mol. The molecule has 3 N–H and O–H groups in total. The molecule has 0 fully saturated rings. The Bertz CT molecular complexity index is 769. The van der Waals surface area contributed by atoms with E-state index in [0.29, 0.717) is 5.69 Å². The SMILES string of the molecule is CC(Nc1ccc2ncccc2c1N)c1ccc(F)cc1. The number of aromatic nitrogens is 1. The summed E-state index contributed by atoms with van der Waals surface area (Å²) >= 11 is 0. The summed E-state index contributed by atoms with van der Waals surface area (Å²) in [6.07, 6.45) is 1.75. The lowest BCUT2D eigenvalue weighted by atomic mass is 10.1. The first-order chi connectivity index (χ1) is 10.1. The molecular weight excluding hydrogens is 265 g/mol. The van der Waals surface area contributed by atoms with Crippen LogP contribution >= 0.6 is 0 Å². The average Bonchev–Trinajstić information content (AvgIpc) is 2.51. The third-order valence-electron chi connectivity index (χ3n) is 3.57. The van der Waals surface area contributed by atoms with Gasteiger partial charge in [-0.15, -0.1) is 0 Å². The molecular formula is C17H16FN3. The Kier molecular flexibility index (Phi) is 3.44. The van der Waals surface area contributed by atoms with Crippen LogP contribution in [0.25, 0.3) is 10.9 Å². The molecule has 1 aromatic heterocycles. The third kappa shape index (κ3) is 2.65. The van der Waals surface area contributed by atoms with Crippen molar-refractivity contribution < 1.29 is 4.39 Å². The van der Waals surface area contributed by atoms with Gasteiger partial charge in [-0.25, -0.2) is 4.39 Å². The lowest BCUT2D eigenvalue weighted by Crippen LogP contribution is -2.08. The summed E-state index contributed by atoms with van der Waals surface area (Å²) < 4.78 is 13.0. The first-order valence-corrected chi connectivity index (χ1v) is 6.80. The second-order valence-corrected chi connectivity index (χ2v) is 5.01. The van der Waals surface area contributed by atoms with Gasteiger partial charge in [-0.1, -0.05) is 12.1 Å². The third-order valence-corrected chi connectivity index (χ3v) is 3.57. The standard InChI is InChI=1S/C17H16FN3/c1-11(12-4-6-13(18)7-5-12)21-16-9-8-15-14(17(16)19)3-2-10-20-15/h2-11,21H,19H2,1H3. The predicted octanol–water partition coefficient (Wildman–Crippen LogP) is 4.13. The highest BCUT2D eigenvalue weighted by Crippen LogP contribution is 2.30. The number of nitrogens with zero attached hydrogens (tertiary/aromatic N) is 1. The molecule has 106 valence electrons. The van der Waals surface area contributed by atoms with E-state index in [4.69, 9.17) is 5.73 Å². The van der Waals surface area contributed by atoms with E-state index in [2.05, 4.69) is 10.3 Å². The molecule has 0 radical (unpaired) electrons. The molecule has 0 bridgehead atoms. The first kappa shape index (κ1) is 13.4. The highest BCUT2D eigenvalue weighted by atomic mass is 19.1. The number of nitrogens with two attached hydrogens (primary N) is 1. The Balaban J connectivity index is 1.91. The number of benzene rings is 2. The average molecular weight is 281 g/mol. The van der Waals surface area contributed by atoms with E-state index in [1.54, 1.807) is 18.3 Å². The fourth-order valence-electron chi connectivity index (χ4n) is 2.37. The van der Waals surface area contributed by atoms with Crippen LogP contribution in [-0.2, 0) is 0 Å². The number of rotatable bonds is 3. The summed E-state index contributed by atoms with van der Waals surface area (Å²) in [4.78, 5) is 4.28. The minimum Gasteiger partial charge on any atom is -0.397 e. The number of hydrogen-bond acceptors (Lipinski definition) is 3. The number of pyridine rings is 1. The maximum atomic E-state index is 13.0. The minimum atomic E-state index is -0.234. The quantitative estimate of drug-likeness (QED) is 0.710. The molecule has 0 amide bonds. The molecule has 0 aliphatic rings. The lowest BCUT2D eigenvalue weighted by molar-refractivity contribution is 0.626. The molecule has 2 aromatic carbocycles. The maximum absolute atomic E-state index is 13.0. The van der Waals surface area contributed by atoms with E-state index in [1.165, 1.54) is 12.1 Å². The number of fused-ring (bicyclic) bond motifs is 1. The van der Waals surface area contributed by atoms with Gasteiger partial charge in [-0.2, -0.15) is 0 Å². The zero-order chi connectivity index (χ0) is 14.8. The molecule has 4 heteroatoms. The Morgan fingerprint density at radius 2 is 1.86 bits per heavy atom. The highest BCUT2D eigenvalue weighted by molar-refractivity contribution is 5.96. The van der Waals surface area contributed by atoms with Crippen molar-refractivity contribution in [2.24, 2.45) is 0 Å². The Morgan fingerprint density at radius 1 is 1.10 bits per heavy atom. The normalized spacial score (nSPS) is 12.3. The van der Waals surface area contributed by atoms with Gasteiger partial charge in [-0.05, 0) is 48.9 Å². The Morgan fingerprint density at radius 3 is 2.62 bits per heavy atom. The largest absolute Gasteiger partial charge is 0.397 e. The van der Waals surface area contributed by atoms with E-state index in [9.17, 15) is 4.39 Å². The smallest absolute Gasteiger partial charge is 0.123 e. The van der Waals surface area contributed by atoms with Crippen LogP contribution in [0.5, 0.6) is 0 Å². The molecule has 21 heavy (non-hydrogen) atoms. The van der Waals surface area contributed by atoms with Crippen molar-refractivity contribution in [2.45, 2.75) is 13.0 Å². The van der Waals surface area contributed by atoms with Crippen LogP contribution in [0.1, 0.15) is 18.5 Å². The van der Waals surface area contributed by atoms with Crippen molar-refractivity contribution in [3.8, 4) is 0 Å². The van der Waals surface area contributed by atoms with E-state index < -0.39 is 0 Å². The maximum Gasteiger partial charge on any atom is 0.123 e. The van der Waals surface area contributed by atoms with Crippen LogP contribution in [0.2, 0.25) is 0 Å². The van der Waals surface area contributed by atoms with Crippen molar-refractivity contribution in [2.75, 3.05) is 11.1 Å². The van der Waals surface area contributed by atoms with Gasteiger partial charge in [0, 0.05) is 17.6 Å². The number of hydrogen-bond donors (Lipinski definition) is 2. The minimum absolute atomic E-state index is 0.0296. The molecule has 0 spiro atoms. The highest BCUT2D eigenvalue weighted by Gasteiger charge is 2.09. The summed E-state index contributed by atoms with van der Waals surface area (Å²) in [5, 5.41) is 4.29. The summed E-state index contributed by atoms with van der Waals surface area (Å²) in [6.45, 7) is 2.01. The second kappa shape index (κ2) is 5.40. The van der Waals surface area contributed by atoms with Crippen molar-refractivity contribution in [3.05, 3.63) is 66.1 Å². The van der Waals surface area contributed by atoms with Crippen LogP contribution in [0, 0.1) is 5.82 Å². The molecule has 1 unspecified atom stereocenters. The fourth-order valence-corrected chi connectivity index (χ4v) is 2.37. The van der Waals surface area contributed by atoms with Crippen LogP contribution < -0.4 is 11.1 Å². The summed E-state index contributed by atoms with van der Waals surface area (Å²) in [6, 6.07) is 14.2. The molecule has 0 saturated carbocycles. The molecule has 3 rings (SSSR count). The molecule has 1 atom stereocenters. The molecule has 0 saturated heterocycles. The summed E-state index contributed by atoms with van der Waals surface area (Å²) in [7, 11) is 0. The van der Waals surface area contributed by atoms with Crippen LogP contribution in [0.4, 0.5) is 15.8 Å². The number of nitrogens with one attached hydrogen (secondary N) is 1. The van der Waals surface area contributed by atoms with Crippen LogP contribution in [0.15, 0.2) is 54.7 Å². The lowest BCUT2D eigenvalue weighted by Gasteiger charge is -2.18. The zero-order valence-electron chi connectivity index (χ0n) is 11.7. The van der Waals surface area contributed by atoms with Crippen molar-refractivity contribution in [1.29, 1.82) is 0 Å². The van der Waals surface area contributed by atoms with Crippen molar-refractivity contribution >= 4 is 22.3 Å². The Hall–Kier alpha value is -2.62. The van der Waals surface area contributed by atoms with Gasteiger partial charge < -0.3 is 11.1 Å². The van der Waals surface area contributed by atoms with Crippen molar-refractivity contribution in [3.63, 3.8) is 0 Å². The number of anilines is 2. The van der Waals surface area contributed by atoms with Crippen molar-refractivity contribution in [1.82, 2.24) is 4.98 Å².